The molecule has 2 aliphatic rings. The van der Waals surface area contributed by atoms with Gasteiger partial charge in [0.1, 0.15) is 0 Å². The van der Waals surface area contributed by atoms with Crippen LogP contribution in [0, 0.1) is 17.8 Å². The predicted octanol–water partition coefficient (Wildman–Crippen LogP) is 3.31. The molecule has 0 bridgehead atoms. The van der Waals surface area contributed by atoms with Crippen molar-refractivity contribution in [3.8, 4) is 0 Å². The first kappa shape index (κ1) is 16.3. The number of piperidine rings is 1. The molecule has 4 heteroatoms. The van der Waals surface area contributed by atoms with Gasteiger partial charge in [0, 0.05) is 19.0 Å². The summed E-state index contributed by atoms with van der Waals surface area (Å²) in [5.74, 6) is -0.120. The summed E-state index contributed by atoms with van der Waals surface area (Å²) in [6.07, 6.45) is 9.89. The minimum atomic E-state index is -0.757. The fraction of sp³-hybridized carbons (Fsp3) is 0.882. The number of carboxylic acids is 1. The zero-order valence-corrected chi connectivity index (χ0v) is 13.2. The topological polar surface area (TPSA) is 57.6 Å². The van der Waals surface area contributed by atoms with Gasteiger partial charge in [-0.2, -0.15) is 0 Å². The molecular formula is C17H29NO3. The van der Waals surface area contributed by atoms with Gasteiger partial charge < -0.3 is 10.0 Å². The van der Waals surface area contributed by atoms with Gasteiger partial charge in [-0.1, -0.05) is 39.0 Å². The van der Waals surface area contributed by atoms with Gasteiger partial charge in [0.05, 0.1) is 5.92 Å². The SMILES string of the molecule is CCC(CC1CCCCC1)C(=O)N1CCC[C@H](C(=O)O)C1. The highest BCUT2D eigenvalue weighted by Crippen LogP contribution is 2.31. The van der Waals surface area contributed by atoms with Crippen LogP contribution in [0.25, 0.3) is 0 Å². The number of hydrogen-bond acceptors (Lipinski definition) is 2. The second-order valence-electron chi connectivity index (χ2n) is 6.81. The molecular weight excluding hydrogens is 266 g/mol. The number of hydrogen-bond donors (Lipinski definition) is 1. The number of carbonyl (C=O) groups excluding carboxylic acids is 1. The molecule has 1 saturated carbocycles. The Kier molecular flexibility index (Phi) is 6.07. The Morgan fingerprint density at radius 3 is 2.48 bits per heavy atom. The Balaban J connectivity index is 1.90. The van der Waals surface area contributed by atoms with E-state index in [0.717, 1.165) is 25.8 Å². The van der Waals surface area contributed by atoms with E-state index in [1.807, 2.05) is 4.90 Å². The third-order valence-corrected chi connectivity index (χ3v) is 5.27. The molecule has 1 aliphatic heterocycles. The Hall–Kier alpha value is -1.06. The van der Waals surface area contributed by atoms with Crippen LogP contribution >= 0.6 is 0 Å². The minimum Gasteiger partial charge on any atom is -0.481 e. The van der Waals surface area contributed by atoms with Gasteiger partial charge in [-0.3, -0.25) is 9.59 Å². The van der Waals surface area contributed by atoms with Crippen LogP contribution in [0.1, 0.15) is 64.7 Å². The fourth-order valence-electron chi connectivity index (χ4n) is 3.90. The summed E-state index contributed by atoms with van der Waals surface area (Å²) in [4.78, 5) is 25.7. The summed E-state index contributed by atoms with van der Waals surface area (Å²) < 4.78 is 0. The maximum absolute atomic E-state index is 12.7. The van der Waals surface area contributed by atoms with Crippen molar-refractivity contribution in [1.82, 2.24) is 4.90 Å². The summed E-state index contributed by atoms with van der Waals surface area (Å²) in [5, 5.41) is 9.16. The lowest BCUT2D eigenvalue weighted by Gasteiger charge is -2.34. The van der Waals surface area contributed by atoms with Crippen molar-refractivity contribution >= 4 is 11.9 Å². The van der Waals surface area contributed by atoms with Crippen molar-refractivity contribution in [3.63, 3.8) is 0 Å². The average molecular weight is 295 g/mol. The molecule has 1 aliphatic carbocycles. The fourth-order valence-corrected chi connectivity index (χ4v) is 3.90. The van der Waals surface area contributed by atoms with Crippen molar-refractivity contribution in [2.45, 2.75) is 64.7 Å². The zero-order chi connectivity index (χ0) is 15.2. The average Bonchev–Trinajstić information content (AvgIpc) is 2.53. The van der Waals surface area contributed by atoms with E-state index in [4.69, 9.17) is 5.11 Å². The van der Waals surface area contributed by atoms with E-state index in [1.165, 1.54) is 32.1 Å². The first-order chi connectivity index (χ1) is 10.1. The molecule has 1 unspecified atom stereocenters. The van der Waals surface area contributed by atoms with E-state index in [2.05, 4.69) is 6.92 Å². The van der Waals surface area contributed by atoms with E-state index in [0.29, 0.717) is 18.9 Å². The first-order valence-electron chi connectivity index (χ1n) is 8.63. The van der Waals surface area contributed by atoms with E-state index in [9.17, 15) is 9.59 Å². The molecule has 2 rings (SSSR count). The van der Waals surface area contributed by atoms with Crippen LogP contribution in [0.3, 0.4) is 0 Å². The summed E-state index contributed by atoms with van der Waals surface area (Å²) in [6, 6.07) is 0. The molecule has 0 spiro atoms. The van der Waals surface area contributed by atoms with Crippen LogP contribution in [0.4, 0.5) is 0 Å². The molecule has 0 aromatic rings. The van der Waals surface area contributed by atoms with Crippen LogP contribution in [0.2, 0.25) is 0 Å². The second kappa shape index (κ2) is 7.81. The zero-order valence-electron chi connectivity index (χ0n) is 13.2. The molecule has 0 aromatic heterocycles. The monoisotopic (exact) mass is 295 g/mol. The van der Waals surface area contributed by atoms with Crippen molar-refractivity contribution in [1.29, 1.82) is 0 Å². The number of likely N-dealkylation sites (tertiary alicyclic amines) is 1. The number of amides is 1. The largest absolute Gasteiger partial charge is 0.481 e. The lowest BCUT2D eigenvalue weighted by Crippen LogP contribution is -2.45. The van der Waals surface area contributed by atoms with Gasteiger partial charge in [0.15, 0.2) is 0 Å². The number of rotatable bonds is 5. The predicted molar refractivity (Wildman–Crippen MR) is 81.9 cm³/mol. The summed E-state index contributed by atoms with van der Waals surface area (Å²) in [5.41, 5.74) is 0. The van der Waals surface area contributed by atoms with Gasteiger partial charge in [-0.05, 0) is 31.6 Å². The number of carboxylic acid groups (broad SMARTS) is 1. The van der Waals surface area contributed by atoms with Gasteiger partial charge in [0.25, 0.3) is 0 Å². The van der Waals surface area contributed by atoms with Crippen LogP contribution in [-0.4, -0.2) is 35.0 Å². The standard InChI is InChI=1S/C17H29NO3/c1-2-14(11-13-7-4-3-5-8-13)16(19)18-10-6-9-15(12-18)17(20)21/h13-15H,2-12H2,1H3,(H,20,21)/t14?,15-/m0/s1. The third kappa shape index (κ3) is 4.45. The lowest BCUT2D eigenvalue weighted by atomic mass is 9.81. The van der Waals surface area contributed by atoms with Crippen molar-refractivity contribution in [3.05, 3.63) is 0 Å². The van der Waals surface area contributed by atoms with E-state index in [1.54, 1.807) is 0 Å². The Bertz CT molecular complexity index is 363. The van der Waals surface area contributed by atoms with Crippen LogP contribution in [0.5, 0.6) is 0 Å². The van der Waals surface area contributed by atoms with E-state index >= 15 is 0 Å². The highest BCUT2D eigenvalue weighted by molar-refractivity contribution is 5.80. The molecule has 2 atom stereocenters. The maximum Gasteiger partial charge on any atom is 0.308 e. The van der Waals surface area contributed by atoms with Crippen LogP contribution < -0.4 is 0 Å². The highest BCUT2D eigenvalue weighted by atomic mass is 16.4. The Morgan fingerprint density at radius 2 is 1.86 bits per heavy atom. The number of carbonyl (C=O) groups is 2. The summed E-state index contributed by atoms with van der Waals surface area (Å²) in [6.45, 7) is 3.24. The smallest absolute Gasteiger partial charge is 0.308 e. The molecule has 1 N–H and O–H groups in total. The highest BCUT2D eigenvalue weighted by Gasteiger charge is 2.32. The molecule has 120 valence electrons. The molecule has 21 heavy (non-hydrogen) atoms. The van der Waals surface area contributed by atoms with Gasteiger partial charge in [-0.25, -0.2) is 0 Å². The Morgan fingerprint density at radius 1 is 1.14 bits per heavy atom. The molecule has 4 nitrogen and oxygen atoms in total. The van der Waals surface area contributed by atoms with Gasteiger partial charge >= 0.3 is 5.97 Å². The lowest BCUT2D eigenvalue weighted by molar-refractivity contribution is -0.147. The number of nitrogens with zero attached hydrogens (tertiary/aromatic N) is 1. The maximum atomic E-state index is 12.7. The molecule has 1 amide bonds. The molecule has 0 aromatic carbocycles. The summed E-state index contributed by atoms with van der Waals surface area (Å²) >= 11 is 0. The van der Waals surface area contributed by atoms with E-state index in [-0.39, 0.29) is 17.7 Å². The molecule has 2 fully saturated rings. The number of aliphatic carboxylic acids is 1. The van der Waals surface area contributed by atoms with Gasteiger partial charge in [-0.15, -0.1) is 0 Å². The van der Waals surface area contributed by atoms with Gasteiger partial charge in [0.2, 0.25) is 5.91 Å². The minimum absolute atomic E-state index is 0.0978. The quantitative estimate of drug-likeness (QED) is 0.846. The summed E-state index contributed by atoms with van der Waals surface area (Å²) in [7, 11) is 0. The van der Waals surface area contributed by atoms with Crippen molar-refractivity contribution < 1.29 is 14.7 Å². The Labute approximate surface area is 127 Å². The molecule has 1 saturated heterocycles. The molecule has 0 radical (unpaired) electrons. The first-order valence-corrected chi connectivity index (χ1v) is 8.63. The van der Waals surface area contributed by atoms with E-state index < -0.39 is 5.97 Å². The van der Waals surface area contributed by atoms with Crippen molar-refractivity contribution in [2.75, 3.05) is 13.1 Å². The van der Waals surface area contributed by atoms with Crippen molar-refractivity contribution in [2.24, 2.45) is 17.8 Å². The molecule has 1 heterocycles. The second-order valence-corrected chi connectivity index (χ2v) is 6.81. The normalized spacial score (nSPS) is 25.6. The van der Waals surface area contributed by atoms with Crippen LogP contribution in [0.15, 0.2) is 0 Å². The van der Waals surface area contributed by atoms with Crippen LogP contribution in [-0.2, 0) is 9.59 Å². The third-order valence-electron chi connectivity index (χ3n) is 5.27.